The third kappa shape index (κ3) is 4.66. The van der Waals surface area contributed by atoms with Crippen LogP contribution in [0.3, 0.4) is 0 Å². The zero-order chi connectivity index (χ0) is 22.7. The molecule has 2 unspecified atom stereocenters. The van der Waals surface area contributed by atoms with Gasteiger partial charge in [0.1, 0.15) is 11.5 Å². The highest BCUT2D eigenvalue weighted by molar-refractivity contribution is 7.85. The number of rotatable bonds is 8. The lowest BCUT2D eigenvalue weighted by atomic mass is 9.96. The molecule has 0 saturated carbocycles. The molecule has 0 bridgehead atoms. The van der Waals surface area contributed by atoms with Gasteiger partial charge in [0, 0.05) is 22.3 Å². The summed E-state index contributed by atoms with van der Waals surface area (Å²) in [5, 5.41) is 4.71. The predicted octanol–water partition coefficient (Wildman–Crippen LogP) is 6.67. The van der Waals surface area contributed by atoms with Gasteiger partial charge < -0.3 is 9.47 Å². The van der Waals surface area contributed by atoms with E-state index in [4.69, 9.17) is 9.47 Å². The summed E-state index contributed by atoms with van der Waals surface area (Å²) in [5.74, 6) is 3.41. The Labute approximate surface area is 192 Å². The van der Waals surface area contributed by atoms with E-state index in [2.05, 4.69) is 74.5 Å². The van der Waals surface area contributed by atoms with Crippen molar-refractivity contribution in [2.75, 3.05) is 25.7 Å². The van der Waals surface area contributed by atoms with Gasteiger partial charge in [0.2, 0.25) is 0 Å². The minimum absolute atomic E-state index is 0.205. The van der Waals surface area contributed by atoms with E-state index in [-0.39, 0.29) is 11.8 Å². The molecular weight excluding hydrogens is 416 g/mol. The minimum Gasteiger partial charge on any atom is -0.497 e. The number of hydrogen-bond acceptors (Lipinski definition) is 3. The lowest BCUT2D eigenvalue weighted by molar-refractivity contribution is 0.415. The predicted molar refractivity (Wildman–Crippen MR) is 136 cm³/mol. The number of fused-ring (bicyclic) bond motifs is 2. The van der Waals surface area contributed by atoms with Crippen LogP contribution in [-0.2, 0) is 10.8 Å². The first-order valence-corrected chi connectivity index (χ1v) is 12.5. The van der Waals surface area contributed by atoms with Gasteiger partial charge in [-0.15, -0.1) is 0 Å². The van der Waals surface area contributed by atoms with E-state index < -0.39 is 10.8 Å². The second-order valence-corrected chi connectivity index (χ2v) is 9.99. The van der Waals surface area contributed by atoms with Crippen molar-refractivity contribution in [2.24, 2.45) is 0 Å². The van der Waals surface area contributed by atoms with Crippen LogP contribution in [0.1, 0.15) is 36.8 Å². The Morgan fingerprint density at radius 3 is 1.53 bits per heavy atom. The van der Waals surface area contributed by atoms with Crippen molar-refractivity contribution < 1.29 is 13.7 Å². The Morgan fingerprint density at radius 1 is 0.688 bits per heavy atom. The summed E-state index contributed by atoms with van der Waals surface area (Å²) in [7, 11) is 2.44. The molecule has 2 atom stereocenters. The summed E-state index contributed by atoms with van der Waals surface area (Å²) in [6.07, 6.45) is 0. The molecule has 0 aliphatic rings. The monoisotopic (exact) mass is 446 g/mol. The Morgan fingerprint density at radius 2 is 1.12 bits per heavy atom. The van der Waals surface area contributed by atoms with Gasteiger partial charge in [0.25, 0.3) is 0 Å². The first-order chi connectivity index (χ1) is 15.5. The smallest absolute Gasteiger partial charge is 0.119 e. The summed E-state index contributed by atoms with van der Waals surface area (Å²) in [4.78, 5) is 0. The SMILES string of the molecule is COc1ccc2c(C(C)CS(=O)CC(C)c3cccc4cc(OC)ccc34)cccc2c1. The molecule has 4 aromatic rings. The van der Waals surface area contributed by atoms with Crippen molar-refractivity contribution in [3.05, 3.63) is 83.9 Å². The highest BCUT2D eigenvalue weighted by Gasteiger charge is 2.17. The lowest BCUT2D eigenvalue weighted by Crippen LogP contribution is -2.14. The molecule has 3 nitrogen and oxygen atoms in total. The first kappa shape index (κ1) is 22.3. The highest BCUT2D eigenvalue weighted by Crippen LogP contribution is 2.31. The fraction of sp³-hybridized carbons (Fsp3) is 0.286. The Kier molecular flexibility index (Phi) is 6.80. The van der Waals surface area contributed by atoms with Crippen molar-refractivity contribution in [1.82, 2.24) is 0 Å². The van der Waals surface area contributed by atoms with Gasteiger partial charge in [0.05, 0.1) is 14.2 Å². The number of benzene rings is 4. The first-order valence-electron chi connectivity index (χ1n) is 11.0. The third-order valence-electron chi connectivity index (χ3n) is 6.18. The molecule has 0 N–H and O–H groups in total. The molecule has 0 amide bonds. The summed E-state index contributed by atoms with van der Waals surface area (Å²) < 4.78 is 23.9. The van der Waals surface area contributed by atoms with Crippen LogP contribution < -0.4 is 9.47 Å². The van der Waals surface area contributed by atoms with Gasteiger partial charge in [-0.05, 0) is 68.8 Å². The number of hydrogen-bond donors (Lipinski definition) is 0. The van der Waals surface area contributed by atoms with Gasteiger partial charge in [-0.3, -0.25) is 4.21 Å². The molecule has 4 aromatic carbocycles. The second kappa shape index (κ2) is 9.74. The standard InChI is InChI=1S/C28H30O3S/c1-19(25-9-5-7-21-15-23(30-3)11-13-27(21)25)17-32(29)18-20(2)26-10-6-8-22-16-24(31-4)12-14-28(22)26/h5-16,19-20H,17-18H2,1-4H3. The summed E-state index contributed by atoms with van der Waals surface area (Å²) >= 11 is 0. The van der Waals surface area contributed by atoms with Crippen LogP contribution in [0.25, 0.3) is 21.5 Å². The van der Waals surface area contributed by atoms with E-state index in [9.17, 15) is 4.21 Å². The Hall–Kier alpha value is -2.85. The van der Waals surface area contributed by atoms with Gasteiger partial charge in [0.15, 0.2) is 0 Å². The topological polar surface area (TPSA) is 35.5 Å². The maximum absolute atomic E-state index is 13.2. The normalized spacial score (nSPS) is 14.2. The highest BCUT2D eigenvalue weighted by atomic mass is 32.2. The maximum Gasteiger partial charge on any atom is 0.119 e. The van der Waals surface area contributed by atoms with Crippen molar-refractivity contribution in [2.45, 2.75) is 25.7 Å². The lowest BCUT2D eigenvalue weighted by Gasteiger charge is -2.18. The van der Waals surface area contributed by atoms with Gasteiger partial charge in [-0.25, -0.2) is 0 Å². The number of methoxy groups -OCH3 is 2. The van der Waals surface area contributed by atoms with Crippen molar-refractivity contribution in [3.8, 4) is 11.5 Å². The van der Waals surface area contributed by atoms with E-state index in [1.54, 1.807) is 14.2 Å². The van der Waals surface area contributed by atoms with Crippen LogP contribution in [0.15, 0.2) is 72.8 Å². The summed E-state index contributed by atoms with van der Waals surface area (Å²) in [6, 6.07) is 25.0. The molecule has 166 valence electrons. The van der Waals surface area contributed by atoms with Gasteiger partial charge >= 0.3 is 0 Å². The minimum atomic E-state index is -0.928. The molecule has 0 saturated heterocycles. The average molecular weight is 447 g/mol. The zero-order valence-electron chi connectivity index (χ0n) is 19.1. The molecule has 4 rings (SSSR count). The van der Waals surface area contributed by atoms with Crippen LogP contribution >= 0.6 is 0 Å². The molecule has 0 aromatic heterocycles. The molecule has 0 spiro atoms. The van der Waals surface area contributed by atoms with Crippen LogP contribution in [0, 0.1) is 0 Å². The summed E-state index contributed by atoms with van der Waals surface area (Å²) in [5.41, 5.74) is 2.48. The molecular formula is C28H30O3S. The second-order valence-electron chi connectivity index (χ2n) is 8.44. The van der Waals surface area contributed by atoms with Crippen molar-refractivity contribution in [3.63, 3.8) is 0 Å². The van der Waals surface area contributed by atoms with Crippen LogP contribution in [0.4, 0.5) is 0 Å². The fourth-order valence-corrected chi connectivity index (χ4v) is 6.10. The maximum atomic E-state index is 13.2. The van der Waals surface area contributed by atoms with Crippen LogP contribution in [0.5, 0.6) is 11.5 Å². The molecule has 32 heavy (non-hydrogen) atoms. The average Bonchev–Trinajstić information content (AvgIpc) is 2.82. The zero-order valence-corrected chi connectivity index (χ0v) is 19.9. The third-order valence-corrected chi connectivity index (χ3v) is 7.92. The van der Waals surface area contributed by atoms with E-state index in [1.807, 2.05) is 12.1 Å². The van der Waals surface area contributed by atoms with E-state index in [0.717, 1.165) is 22.3 Å². The van der Waals surface area contributed by atoms with Gasteiger partial charge in [-0.1, -0.05) is 62.4 Å². The molecule has 0 aliphatic carbocycles. The van der Waals surface area contributed by atoms with Crippen LogP contribution in [0.2, 0.25) is 0 Å². The molecule has 0 heterocycles. The molecule has 4 heteroatoms. The molecule has 0 fully saturated rings. The van der Waals surface area contributed by atoms with Crippen molar-refractivity contribution >= 4 is 32.3 Å². The van der Waals surface area contributed by atoms with Crippen LogP contribution in [-0.4, -0.2) is 29.9 Å². The largest absolute Gasteiger partial charge is 0.497 e. The quantitative estimate of drug-likeness (QED) is 0.303. The molecule has 0 aliphatic heterocycles. The Balaban J connectivity index is 1.50. The summed E-state index contributed by atoms with van der Waals surface area (Å²) in [6.45, 7) is 4.34. The number of ether oxygens (including phenoxy) is 2. The van der Waals surface area contributed by atoms with E-state index in [1.165, 1.54) is 21.9 Å². The van der Waals surface area contributed by atoms with E-state index in [0.29, 0.717) is 11.5 Å². The van der Waals surface area contributed by atoms with Crippen molar-refractivity contribution in [1.29, 1.82) is 0 Å². The van der Waals surface area contributed by atoms with E-state index >= 15 is 0 Å². The fourth-order valence-electron chi connectivity index (χ4n) is 4.49. The molecule has 0 radical (unpaired) electrons. The Bertz CT molecular complexity index is 1170. The van der Waals surface area contributed by atoms with Gasteiger partial charge in [-0.2, -0.15) is 0 Å².